The van der Waals surface area contributed by atoms with Crippen molar-refractivity contribution in [2.75, 3.05) is 18.4 Å². The second-order valence-corrected chi connectivity index (χ2v) is 7.56. The monoisotopic (exact) mass is 362 g/mol. The number of rotatable bonds is 4. The molecule has 2 N–H and O–H groups in total. The standard InChI is InChI=1S/C22H26N4O/c1-15-7-8-19-20(13-15)24-21(23-19)14-26-11-9-17(10-12-26)22(27)25-18-6-4-3-5-16(18)2/h3-8,13,17H,9-12,14H2,1-2H3,(H,23,24)(H,25,27). The molecule has 140 valence electrons. The number of nitrogens with zero attached hydrogens (tertiary/aromatic N) is 2. The number of carbonyl (C=O) groups excluding carboxylic acids is 1. The molecule has 5 nitrogen and oxygen atoms in total. The molecule has 4 rings (SSSR count). The van der Waals surface area contributed by atoms with Crippen molar-refractivity contribution >= 4 is 22.6 Å². The van der Waals surface area contributed by atoms with E-state index in [1.807, 2.05) is 31.2 Å². The number of aryl methyl sites for hydroxylation is 2. The number of hydrogen-bond donors (Lipinski definition) is 2. The Balaban J connectivity index is 1.33. The van der Waals surface area contributed by atoms with Gasteiger partial charge in [-0.1, -0.05) is 24.3 Å². The fourth-order valence-corrected chi connectivity index (χ4v) is 3.76. The van der Waals surface area contributed by atoms with E-state index in [1.165, 1.54) is 5.56 Å². The van der Waals surface area contributed by atoms with Gasteiger partial charge in [0.05, 0.1) is 17.6 Å². The molecule has 5 heteroatoms. The summed E-state index contributed by atoms with van der Waals surface area (Å²) in [6, 6.07) is 14.2. The fourth-order valence-electron chi connectivity index (χ4n) is 3.76. The van der Waals surface area contributed by atoms with Crippen molar-refractivity contribution in [3.63, 3.8) is 0 Å². The maximum Gasteiger partial charge on any atom is 0.227 e. The van der Waals surface area contributed by atoms with Gasteiger partial charge >= 0.3 is 0 Å². The molecule has 1 aromatic heterocycles. The van der Waals surface area contributed by atoms with Gasteiger partial charge in [0.1, 0.15) is 5.82 Å². The third kappa shape index (κ3) is 4.03. The highest BCUT2D eigenvalue weighted by atomic mass is 16.1. The molecule has 2 aromatic carbocycles. The first-order valence-corrected chi connectivity index (χ1v) is 9.62. The van der Waals surface area contributed by atoms with Crippen LogP contribution >= 0.6 is 0 Å². The predicted molar refractivity (Wildman–Crippen MR) is 109 cm³/mol. The van der Waals surface area contributed by atoms with Crippen LogP contribution in [-0.4, -0.2) is 33.9 Å². The molecule has 0 atom stereocenters. The number of fused-ring (bicyclic) bond motifs is 1. The number of anilines is 1. The number of hydrogen-bond acceptors (Lipinski definition) is 3. The van der Waals surface area contributed by atoms with E-state index in [0.717, 1.165) is 60.6 Å². The molecule has 1 amide bonds. The number of aromatic nitrogens is 2. The van der Waals surface area contributed by atoms with Gasteiger partial charge in [-0.3, -0.25) is 9.69 Å². The third-order valence-corrected chi connectivity index (χ3v) is 5.42. The Kier molecular flexibility index (Phi) is 4.94. The highest BCUT2D eigenvalue weighted by Gasteiger charge is 2.25. The van der Waals surface area contributed by atoms with Crippen molar-refractivity contribution in [2.24, 2.45) is 5.92 Å². The summed E-state index contributed by atoms with van der Waals surface area (Å²) < 4.78 is 0. The third-order valence-electron chi connectivity index (χ3n) is 5.42. The predicted octanol–water partition coefficient (Wildman–Crippen LogP) is 4.03. The van der Waals surface area contributed by atoms with Crippen molar-refractivity contribution in [3.05, 3.63) is 59.4 Å². The Labute approximate surface area is 159 Å². The first kappa shape index (κ1) is 17.7. The summed E-state index contributed by atoms with van der Waals surface area (Å²) in [5.41, 5.74) is 5.37. The van der Waals surface area contributed by atoms with Gasteiger partial charge in [0.2, 0.25) is 5.91 Å². The summed E-state index contributed by atoms with van der Waals surface area (Å²) >= 11 is 0. The van der Waals surface area contributed by atoms with Gasteiger partial charge in [-0.25, -0.2) is 4.98 Å². The van der Waals surface area contributed by atoms with Crippen molar-refractivity contribution in [1.29, 1.82) is 0 Å². The number of piperidine rings is 1. The van der Waals surface area contributed by atoms with Crippen molar-refractivity contribution in [3.8, 4) is 0 Å². The molecule has 0 aliphatic carbocycles. The van der Waals surface area contributed by atoms with E-state index >= 15 is 0 Å². The average Bonchev–Trinajstić information content (AvgIpc) is 3.05. The molecule has 1 aliphatic heterocycles. The van der Waals surface area contributed by atoms with Crippen LogP contribution in [-0.2, 0) is 11.3 Å². The molecule has 1 saturated heterocycles. The van der Waals surface area contributed by atoms with Crippen LogP contribution in [0.4, 0.5) is 5.69 Å². The number of imidazole rings is 1. The van der Waals surface area contributed by atoms with Crippen LogP contribution in [0.2, 0.25) is 0 Å². The van der Waals surface area contributed by atoms with Crippen molar-refractivity contribution in [1.82, 2.24) is 14.9 Å². The average molecular weight is 362 g/mol. The summed E-state index contributed by atoms with van der Waals surface area (Å²) in [7, 11) is 0. The zero-order valence-electron chi connectivity index (χ0n) is 16.0. The Morgan fingerprint density at radius 3 is 2.74 bits per heavy atom. The van der Waals surface area contributed by atoms with Crippen LogP contribution < -0.4 is 5.32 Å². The van der Waals surface area contributed by atoms with E-state index in [2.05, 4.69) is 40.3 Å². The van der Waals surface area contributed by atoms with E-state index in [0.29, 0.717) is 0 Å². The van der Waals surface area contributed by atoms with Gasteiger partial charge < -0.3 is 10.3 Å². The lowest BCUT2D eigenvalue weighted by Gasteiger charge is -2.30. The summed E-state index contributed by atoms with van der Waals surface area (Å²) in [6.07, 6.45) is 1.77. The lowest BCUT2D eigenvalue weighted by Crippen LogP contribution is -2.38. The molecule has 3 aromatic rings. The molecule has 2 heterocycles. The maximum absolute atomic E-state index is 12.6. The SMILES string of the molecule is Cc1ccc2nc(CN3CCC(C(=O)Nc4ccccc4C)CC3)[nH]c2c1. The number of carbonyl (C=O) groups is 1. The van der Waals surface area contributed by atoms with E-state index < -0.39 is 0 Å². The Bertz CT molecular complexity index is 954. The first-order valence-electron chi connectivity index (χ1n) is 9.62. The van der Waals surface area contributed by atoms with Gasteiger partial charge in [0.25, 0.3) is 0 Å². The molecule has 0 unspecified atom stereocenters. The Morgan fingerprint density at radius 1 is 1.19 bits per heavy atom. The molecule has 1 aliphatic rings. The van der Waals surface area contributed by atoms with Crippen LogP contribution in [0.5, 0.6) is 0 Å². The minimum absolute atomic E-state index is 0.0826. The van der Waals surface area contributed by atoms with E-state index in [4.69, 9.17) is 4.98 Å². The number of nitrogens with one attached hydrogen (secondary N) is 2. The second-order valence-electron chi connectivity index (χ2n) is 7.56. The quantitative estimate of drug-likeness (QED) is 0.737. The van der Waals surface area contributed by atoms with Crippen molar-refractivity contribution < 1.29 is 4.79 Å². The molecule has 0 saturated carbocycles. The van der Waals surface area contributed by atoms with Gasteiger partial charge in [0, 0.05) is 11.6 Å². The van der Waals surface area contributed by atoms with Gasteiger partial charge in [-0.15, -0.1) is 0 Å². The molecule has 0 spiro atoms. The fraction of sp³-hybridized carbons (Fsp3) is 0.364. The number of H-pyrrole nitrogens is 1. The van der Waals surface area contributed by atoms with E-state index in [9.17, 15) is 4.79 Å². The summed E-state index contributed by atoms with van der Waals surface area (Å²) in [5, 5.41) is 3.09. The summed E-state index contributed by atoms with van der Waals surface area (Å²) in [4.78, 5) is 23.1. The van der Waals surface area contributed by atoms with Crippen LogP contribution in [0.25, 0.3) is 11.0 Å². The zero-order chi connectivity index (χ0) is 18.8. The molecule has 1 fully saturated rings. The minimum atomic E-state index is 0.0826. The smallest absolute Gasteiger partial charge is 0.227 e. The van der Waals surface area contributed by atoms with E-state index in [1.54, 1.807) is 0 Å². The van der Waals surface area contributed by atoms with Gasteiger partial charge in [-0.05, 0) is 69.1 Å². The summed E-state index contributed by atoms with van der Waals surface area (Å²) in [5.74, 6) is 1.22. The van der Waals surface area contributed by atoms with E-state index in [-0.39, 0.29) is 11.8 Å². The molecule has 0 bridgehead atoms. The largest absolute Gasteiger partial charge is 0.341 e. The zero-order valence-corrected chi connectivity index (χ0v) is 16.0. The lowest BCUT2D eigenvalue weighted by atomic mass is 9.95. The number of para-hydroxylation sites is 1. The number of aromatic amines is 1. The highest BCUT2D eigenvalue weighted by Crippen LogP contribution is 2.22. The second kappa shape index (κ2) is 7.53. The number of benzene rings is 2. The number of likely N-dealkylation sites (tertiary alicyclic amines) is 1. The first-order chi connectivity index (χ1) is 13.1. The number of amides is 1. The Morgan fingerprint density at radius 2 is 1.96 bits per heavy atom. The molecular formula is C22H26N4O. The van der Waals surface area contributed by atoms with Crippen LogP contribution in [0.1, 0.15) is 29.8 Å². The Hall–Kier alpha value is -2.66. The van der Waals surface area contributed by atoms with Crippen LogP contribution in [0, 0.1) is 19.8 Å². The van der Waals surface area contributed by atoms with Crippen LogP contribution in [0.3, 0.4) is 0 Å². The molecule has 0 radical (unpaired) electrons. The lowest BCUT2D eigenvalue weighted by molar-refractivity contribution is -0.121. The van der Waals surface area contributed by atoms with Crippen LogP contribution in [0.15, 0.2) is 42.5 Å². The normalized spacial score (nSPS) is 15.9. The molecular weight excluding hydrogens is 336 g/mol. The highest BCUT2D eigenvalue weighted by molar-refractivity contribution is 5.93. The topological polar surface area (TPSA) is 61.0 Å². The van der Waals surface area contributed by atoms with Gasteiger partial charge in [0.15, 0.2) is 0 Å². The summed E-state index contributed by atoms with van der Waals surface area (Å²) in [6.45, 7) is 6.75. The molecule has 27 heavy (non-hydrogen) atoms. The van der Waals surface area contributed by atoms with Gasteiger partial charge in [-0.2, -0.15) is 0 Å². The minimum Gasteiger partial charge on any atom is -0.341 e. The van der Waals surface area contributed by atoms with Crippen molar-refractivity contribution in [2.45, 2.75) is 33.2 Å². The maximum atomic E-state index is 12.6.